The Hall–Kier alpha value is -2.18. The summed E-state index contributed by atoms with van der Waals surface area (Å²) in [6.45, 7) is 5.77. The van der Waals surface area contributed by atoms with Crippen molar-refractivity contribution >= 4 is 5.82 Å². The molecule has 0 spiro atoms. The summed E-state index contributed by atoms with van der Waals surface area (Å²) >= 11 is 0. The molecule has 0 saturated carbocycles. The highest BCUT2D eigenvalue weighted by molar-refractivity contribution is 5.71. The number of aliphatic hydroxyl groups is 1. The van der Waals surface area contributed by atoms with Gasteiger partial charge in [-0.2, -0.15) is 0 Å². The van der Waals surface area contributed by atoms with Crippen LogP contribution < -0.4 is 4.90 Å². The number of benzene rings is 1. The monoisotopic (exact) mass is 315 g/mol. The Morgan fingerprint density at radius 2 is 2.09 bits per heavy atom. The summed E-state index contributed by atoms with van der Waals surface area (Å²) in [4.78, 5) is 2.04. The Morgan fingerprint density at radius 1 is 1.26 bits per heavy atom. The maximum Gasteiger partial charge on any atom is 0.151 e. The van der Waals surface area contributed by atoms with Gasteiger partial charge in [-0.3, -0.25) is 0 Å². The number of ether oxygens (including phenoxy) is 1. The van der Waals surface area contributed by atoms with Gasteiger partial charge in [-0.05, 0) is 43.2 Å². The smallest absolute Gasteiger partial charge is 0.151 e. The fourth-order valence-corrected chi connectivity index (χ4v) is 2.94. The Labute approximate surface area is 135 Å². The molecule has 122 valence electrons. The molecule has 1 saturated heterocycles. The largest absolute Gasteiger partial charge is 0.507 e. The maximum atomic E-state index is 10.2. The number of aryl methyl sites for hydroxylation is 2. The van der Waals surface area contributed by atoms with E-state index in [0.29, 0.717) is 24.4 Å². The number of anilines is 1. The van der Waals surface area contributed by atoms with E-state index in [1.807, 2.05) is 36.9 Å². The molecule has 1 aromatic carbocycles. The van der Waals surface area contributed by atoms with Crippen molar-refractivity contribution in [3.8, 4) is 17.0 Å². The number of aromatic hydroxyl groups is 1. The Morgan fingerprint density at radius 3 is 2.74 bits per heavy atom. The minimum Gasteiger partial charge on any atom is -0.507 e. The second kappa shape index (κ2) is 6.52. The molecule has 0 amide bonds. The third kappa shape index (κ3) is 3.28. The third-order valence-corrected chi connectivity index (χ3v) is 4.03. The predicted molar refractivity (Wildman–Crippen MR) is 87.6 cm³/mol. The average Bonchev–Trinajstić information content (AvgIpc) is 2.54. The van der Waals surface area contributed by atoms with Crippen molar-refractivity contribution in [2.75, 3.05) is 31.2 Å². The number of hydrogen-bond acceptors (Lipinski definition) is 6. The Bertz CT molecular complexity index is 665. The predicted octanol–water partition coefficient (Wildman–Crippen LogP) is 1.66. The van der Waals surface area contributed by atoms with Gasteiger partial charge in [0.1, 0.15) is 5.75 Å². The van der Waals surface area contributed by atoms with Crippen molar-refractivity contribution in [2.45, 2.75) is 20.0 Å². The number of rotatable bonds is 3. The lowest BCUT2D eigenvalue weighted by molar-refractivity contribution is 0.00332. The number of aromatic nitrogens is 2. The van der Waals surface area contributed by atoms with E-state index in [1.165, 1.54) is 0 Å². The number of morpholine rings is 1. The van der Waals surface area contributed by atoms with E-state index in [0.717, 1.165) is 23.5 Å². The quantitative estimate of drug-likeness (QED) is 0.897. The lowest BCUT2D eigenvalue weighted by Gasteiger charge is -2.32. The third-order valence-electron chi connectivity index (χ3n) is 4.03. The van der Waals surface area contributed by atoms with Crippen LogP contribution in [0.1, 0.15) is 11.1 Å². The molecule has 0 unspecified atom stereocenters. The van der Waals surface area contributed by atoms with Crippen molar-refractivity contribution in [3.63, 3.8) is 0 Å². The first-order chi connectivity index (χ1) is 11.1. The first-order valence-electron chi connectivity index (χ1n) is 7.70. The van der Waals surface area contributed by atoms with Crippen molar-refractivity contribution < 1.29 is 14.9 Å². The lowest BCUT2D eigenvalue weighted by Crippen LogP contribution is -2.44. The van der Waals surface area contributed by atoms with Crippen LogP contribution in [0.3, 0.4) is 0 Å². The molecule has 1 aliphatic rings. The van der Waals surface area contributed by atoms with Crippen LogP contribution in [0.5, 0.6) is 5.75 Å². The molecule has 2 aromatic rings. The van der Waals surface area contributed by atoms with Crippen molar-refractivity contribution in [3.05, 3.63) is 35.4 Å². The molecule has 23 heavy (non-hydrogen) atoms. The molecule has 1 aliphatic heterocycles. The SMILES string of the molecule is Cc1cc(C)c(-c2ccc(N3CCO[C@@H](CO)C3)nn2)c(O)c1. The fraction of sp³-hybridized carbons (Fsp3) is 0.412. The number of phenolic OH excluding ortho intramolecular Hbond substituents is 1. The van der Waals surface area contributed by atoms with Crippen LogP contribution in [0.15, 0.2) is 24.3 Å². The van der Waals surface area contributed by atoms with Crippen LogP contribution in [-0.4, -0.2) is 52.8 Å². The van der Waals surface area contributed by atoms with Crippen molar-refractivity contribution in [2.24, 2.45) is 0 Å². The van der Waals surface area contributed by atoms with Gasteiger partial charge >= 0.3 is 0 Å². The molecular formula is C17H21N3O3. The molecule has 6 nitrogen and oxygen atoms in total. The average molecular weight is 315 g/mol. The fourth-order valence-electron chi connectivity index (χ4n) is 2.94. The van der Waals surface area contributed by atoms with Gasteiger partial charge in [0.25, 0.3) is 0 Å². The van der Waals surface area contributed by atoms with Crippen LogP contribution >= 0.6 is 0 Å². The van der Waals surface area contributed by atoms with Crippen molar-refractivity contribution in [1.29, 1.82) is 0 Å². The van der Waals surface area contributed by atoms with E-state index in [9.17, 15) is 10.2 Å². The van der Waals surface area contributed by atoms with Gasteiger partial charge in [-0.15, -0.1) is 10.2 Å². The summed E-state index contributed by atoms with van der Waals surface area (Å²) in [7, 11) is 0. The number of nitrogens with zero attached hydrogens (tertiary/aromatic N) is 3. The first kappa shape index (κ1) is 15.7. The molecule has 0 aliphatic carbocycles. The highest BCUT2D eigenvalue weighted by Crippen LogP contribution is 2.32. The van der Waals surface area contributed by atoms with Gasteiger partial charge in [0.05, 0.1) is 25.0 Å². The van der Waals surface area contributed by atoms with Gasteiger partial charge in [-0.1, -0.05) is 6.07 Å². The molecule has 1 aromatic heterocycles. The normalized spacial score (nSPS) is 18.2. The molecule has 6 heteroatoms. The molecule has 0 radical (unpaired) electrons. The molecule has 1 atom stereocenters. The molecule has 2 heterocycles. The summed E-state index contributed by atoms with van der Waals surface area (Å²) in [6, 6.07) is 7.49. The summed E-state index contributed by atoms with van der Waals surface area (Å²) < 4.78 is 5.44. The number of aliphatic hydroxyl groups excluding tert-OH is 1. The second-order valence-corrected chi connectivity index (χ2v) is 5.87. The Kier molecular flexibility index (Phi) is 4.45. The number of phenols is 1. The molecule has 2 N–H and O–H groups in total. The van der Waals surface area contributed by atoms with E-state index in [4.69, 9.17) is 4.74 Å². The van der Waals surface area contributed by atoms with E-state index in [-0.39, 0.29) is 18.5 Å². The highest BCUT2D eigenvalue weighted by Gasteiger charge is 2.21. The minimum absolute atomic E-state index is 0.00154. The lowest BCUT2D eigenvalue weighted by atomic mass is 10.0. The minimum atomic E-state index is -0.186. The van der Waals surface area contributed by atoms with E-state index < -0.39 is 0 Å². The zero-order valence-electron chi connectivity index (χ0n) is 13.4. The molecular weight excluding hydrogens is 294 g/mol. The Balaban J connectivity index is 1.85. The summed E-state index contributed by atoms with van der Waals surface area (Å²) in [5.74, 6) is 0.969. The maximum absolute atomic E-state index is 10.2. The van der Waals surface area contributed by atoms with Crippen molar-refractivity contribution in [1.82, 2.24) is 10.2 Å². The van der Waals surface area contributed by atoms with Crippen LogP contribution in [0.2, 0.25) is 0 Å². The van der Waals surface area contributed by atoms with Crippen LogP contribution in [0.25, 0.3) is 11.3 Å². The zero-order chi connectivity index (χ0) is 16.4. The zero-order valence-corrected chi connectivity index (χ0v) is 13.4. The van der Waals surface area contributed by atoms with E-state index in [2.05, 4.69) is 10.2 Å². The van der Waals surface area contributed by atoms with E-state index in [1.54, 1.807) is 6.07 Å². The van der Waals surface area contributed by atoms with Crippen LogP contribution in [-0.2, 0) is 4.74 Å². The second-order valence-electron chi connectivity index (χ2n) is 5.87. The topological polar surface area (TPSA) is 78.7 Å². The van der Waals surface area contributed by atoms with Gasteiger partial charge < -0.3 is 19.8 Å². The highest BCUT2D eigenvalue weighted by atomic mass is 16.5. The molecule has 0 bridgehead atoms. The summed E-state index contributed by atoms with van der Waals surface area (Å²) in [5.41, 5.74) is 3.34. The summed E-state index contributed by atoms with van der Waals surface area (Å²) in [6.07, 6.45) is -0.186. The van der Waals surface area contributed by atoms with Gasteiger partial charge in [0.2, 0.25) is 0 Å². The van der Waals surface area contributed by atoms with Gasteiger partial charge in [-0.25, -0.2) is 0 Å². The molecule has 1 fully saturated rings. The summed E-state index contributed by atoms with van der Waals surface area (Å²) in [5, 5.41) is 28.0. The standard InChI is InChI=1S/C17H21N3O3/c1-11-7-12(2)17(15(22)8-11)14-3-4-16(19-18-14)20-5-6-23-13(9-20)10-21/h3-4,7-8,13,21-22H,5-6,9-10H2,1-2H3/t13-/m1/s1. The van der Waals surface area contributed by atoms with Crippen LogP contribution in [0, 0.1) is 13.8 Å². The van der Waals surface area contributed by atoms with Gasteiger partial charge in [0, 0.05) is 18.7 Å². The van der Waals surface area contributed by atoms with Gasteiger partial charge in [0.15, 0.2) is 5.82 Å². The number of hydrogen-bond donors (Lipinski definition) is 2. The molecule has 3 rings (SSSR count). The van der Waals surface area contributed by atoms with E-state index >= 15 is 0 Å². The van der Waals surface area contributed by atoms with Crippen LogP contribution in [0.4, 0.5) is 5.82 Å². The first-order valence-corrected chi connectivity index (χ1v) is 7.70.